The molecule has 0 aromatic heterocycles. The Morgan fingerprint density at radius 2 is 1.75 bits per heavy atom. The van der Waals surface area contributed by atoms with Gasteiger partial charge in [-0.25, -0.2) is 0 Å². The monoisotopic (exact) mass is 331 g/mol. The summed E-state index contributed by atoms with van der Waals surface area (Å²) in [5.41, 5.74) is 2.11. The average molecular weight is 332 g/mol. The van der Waals surface area contributed by atoms with Gasteiger partial charge in [-0.15, -0.1) is 0 Å². The van der Waals surface area contributed by atoms with Crippen LogP contribution < -0.4 is 5.32 Å². The van der Waals surface area contributed by atoms with E-state index in [0.717, 1.165) is 15.6 Å². The minimum Gasteiger partial charge on any atom is -0.361 e. The van der Waals surface area contributed by atoms with Gasteiger partial charge in [0.15, 0.2) is 6.10 Å². The summed E-state index contributed by atoms with van der Waals surface area (Å²) in [4.78, 5) is 11.7. The van der Waals surface area contributed by atoms with Gasteiger partial charge in [-0.2, -0.15) is 0 Å². The molecular formula is C16H14BrNO2. The molecule has 0 spiro atoms. The van der Waals surface area contributed by atoms with Crippen molar-refractivity contribution in [3.05, 3.63) is 70.2 Å². The fourth-order valence-electron chi connectivity index (χ4n) is 2.27. The van der Waals surface area contributed by atoms with Crippen molar-refractivity contribution >= 4 is 21.8 Å². The lowest BCUT2D eigenvalue weighted by Crippen LogP contribution is -2.57. The maximum Gasteiger partial charge on any atom is 0.252 e. The van der Waals surface area contributed by atoms with Crippen molar-refractivity contribution in [1.29, 1.82) is 0 Å². The molecule has 20 heavy (non-hydrogen) atoms. The lowest BCUT2D eigenvalue weighted by Gasteiger charge is -2.37. The SMILES string of the molecule is O=C1NC(c2ccccc2Br)C1OCc1ccccc1. The smallest absolute Gasteiger partial charge is 0.252 e. The normalized spacial score (nSPS) is 21.1. The Kier molecular flexibility index (Phi) is 3.85. The van der Waals surface area contributed by atoms with E-state index in [-0.39, 0.29) is 11.9 Å². The predicted octanol–water partition coefficient (Wildman–Crippen LogP) is 3.21. The molecule has 1 saturated heterocycles. The van der Waals surface area contributed by atoms with E-state index in [9.17, 15) is 4.79 Å². The van der Waals surface area contributed by atoms with E-state index < -0.39 is 6.10 Å². The molecule has 2 atom stereocenters. The topological polar surface area (TPSA) is 38.3 Å². The van der Waals surface area contributed by atoms with E-state index in [1.54, 1.807) is 0 Å². The Morgan fingerprint density at radius 3 is 2.45 bits per heavy atom. The van der Waals surface area contributed by atoms with Crippen LogP contribution in [0.25, 0.3) is 0 Å². The van der Waals surface area contributed by atoms with Crippen molar-refractivity contribution in [2.24, 2.45) is 0 Å². The molecule has 1 amide bonds. The lowest BCUT2D eigenvalue weighted by molar-refractivity contribution is -0.150. The number of benzene rings is 2. The van der Waals surface area contributed by atoms with Crippen LogP contribution >= 0.6 is 15.9 Å². The lowest BCUT2D eigenvalue weighted by atomic mass is 9.94. The molecule has 2 aromatic rings. The van der Waals surface area contributed by atoms with E-state index in [1.807, 2.05) is 54.6 Å². The first kappa shape index (κ1) is 13.3. The van der Waals surface area contributed by atoms with E-state index in [4.69, 9.17) is 4.74 Å². The summed E-state index contributed by atoms with van der Waals surface area (Å²) in [5, 5.41) is 2.89. The minimum absolute atomic E-state index is 0.0540. The molecule has 1 fully saturated rings. The summed E-state index contributed by atoms with van der Waals surface area (Å²) in [6.07, 6.45) is -0.422. The van der Waals surface area contributed by atoms with E-state index >= 15 is 0 Å². The van der Waals surface area contributed by atoms with Gasteiger partial charge in [-0.1, -0.05) is 64.5 Å². The van der Waals surface area contributed by atoms with Crippen molar-refractivity contribution in [2.45, 2.75) is 18.8 Å². The van der Waals surface area contributed by atoms with E-state index in [2.05, 4.69) is 21.2 Å². The van der Waals surface area contributed by atoms with Crippen LogP contribution in [0.5, 0.6) is 0 Å². The molecule has 0 bridgehead atoms. The zero-order valence-corrected chi connectivity index (χ0v) is 12.3. The minimum atomic E-state index is -0.422. The highest BCUT2D eigenvalue weighted by Crippen LogP contribution is 2.32. The summed E-state index contributed by atoms with van der Waals surface area (Å²) in [6, 6.07) is 17.7. The van der Waals surface area contributed by atoms with Crippen molar-refractivity contribution in [2.75, 3.05) is 0 Å². The average Bonchev–Trinajstić information content (AvgIpc) is 2.47. The molecule has 1 heterocycles. The number of halogens is 1. The van der Waals surface area contributed by atoms with Crippen LogP contribution in [0.2, 0.25) is 0 Å². The molecule has 0 aliphatic carbocycles. The third-order valence-corrected chi connectivity index (χ3v) is 4.09. The molecule has 3 rings (SSSR count). The third-order valence-electron chi connectivity index (χ3n) is 3.37. The summed E-state index contributed by atoms with van der Waals surface area (Å²) in [7, 11) is 0. The number of nitrogens with one attached hydrogen (secondary N) is 1. The van der Waals surface area contributed by atoms with Gasteiger partial charge in [-0.3, -0.25) is 4.79 Å². The van der Waals surface area contributed by atoms with Gasteiger partial charge < -0.3 is 10.1 Å². The number of hydrogen-bond acceptors (Lipinski definition) is 2. The number of carbonyl (C=O) groups is 1. The molecule has 0 radical (unpaired) electrons. The molecule has 1 aliphatic rings. The third kappa shape index (κ3) is 2.62. The Morgan fingerprint density at radius 1 is 1.05 bits per heavy atom. The second-order valence-corrected chi connectivity index (χ2v) is 5.58. The standard InChI is InChI=1S/C16H14BrNO2/c17-13-9-5-4-8-12(13)14-15(16(19)18-14)20-10-11-6-2-1-3-7-11/h1-9,14-15H,10H2,(H,18,19). The Labute approximate surface area is 126 Å². The first-order chi connectivity index (χ1) is 9.75. The molecule has 4 heteroatoms. The molecular weight excluding hydrogens is 318 g/mol. The number of carbonyl (C=O) groups excluding carboxylic acids is 1. The van der Waals surface area contributed by atoms with Gasteiger partial charge in [0, 0.05) is 4.47 Å². The van der Waals surface area contributed by atoms with Gasteiger partial charge in [0.1, 0.15) is 0 Å². The molecule has 1 N–H and O–H groups in total. The van der Waals surface area contributed by atoms with Crippen molar-refractivity contribution in [3.8, 4) is 0 Å². The number of hydrogen-bond donors (Lipinski definition) is 1. The fraction of sp³-hybridized carbons (Fsp3) is 0.188. The summed E-state index contributed by atoms with van der Waals surface area (Å²) < 4.78 is 6.75. The highest BCUT2D eigenvalue weighted by molar-refractivity contribution is 9.10. The fourth-order valence-corrected chi connectivity index (χ4v) is 2.80. The maximum absolute atomic E-state index is 11.7. The highest BCUT2D eigenvalue weighted by atomic mass is 79.9. The van der Waals surface area contributed by atoms with Crippen LogP contribution in [0.15, 0.2) is 59.1 Å². The highest BCUT2D eigenvalue weighted by Gasteiger charge is 2.41. The van der Waals surface area contributed by atoms with Gasteiger partial charge >= 0.3 is 0 Å². The summed E-state index contributed by atoms with van der Waals surface area (Å²) >= 11 is 3.51. The van der Waals surface area contributed by atoms with Gasteiger partial charge in [0.05, 0.1) is 12.6 Å². The van der Waals surface area contributed by atoms with Crippen LogP contribution in [0, 0.1) is 0 Å². The molecule has 2 aromatic carbocycles. The molecule has 0 saturated carbocycles. The van der Waals surface area contributed by atoms with E-state index in [0.29, 0.717) is 6.61 Å². The van der Waals surface area contributed by atoms with Crippen LogP contribution in [0.4, 0.5) is 0 Å². The first-order valence-corrected chi connectivity index (χ1v) is 7.25. The van der Waals surface area contributed by atoms with Crippen molar-refractivity contribution in [1.82, 2.24) is 5.32 Å². The largest absolute Gasteiger partial charge is 0.361 e. The number of β-lactam (4-membered cyclic amide) rings is 1. The number of ether oxygens (including phenoxy) is 1. The van der Waals surface area contributed by atoms with Gasteiger partial charge in [0.25, 0.3) is 5.91 Å². The molecule has 102 valence electrons. The second-order valence-electron chi connectivity index (χ2n) is 4.72. The maximum atomic E-state index is 11.7. The Balaban J connectivity index is 1.69. The van der Waals surface area contributed by atoms with E-state index in [1.165, 1.54) is 0 Å². The van der Waals surface area contributed by atoms with Crippen LogP contribution in [0.1, 0.15) is 17.2 Å². The molecule has 2 unspecified atom stereocenters. The van der Waals surface area contributed by atoms with Crippen molar-refractivity contribution < 1.29 is 9.53 Å². The summed E-state index contributed by atoms with van der Waals surface area (Å²) in [6.45, 7) is 0.444. The van der Waals surface area contributed by atoms with Gasteiger partial charge in [0.2, 0.25) is 0 Å². The van der Waals surface area contributed by atoms with Crippen LogP contribution in [-0.2, 0) is 16.1 Å². The van der Waals surface area contributed by atoms with Gasteiger partial charge in [-0.05, 0) is 17.2 Å². The summed E-state index contributed by atoms with van der Waals surface area (Å²) in [5.74, 6) is -0.0540. The second kappa shape index (κ2) is 5.77. The zero-order chi connectivity index (χ0) is 13.9. The number of amides is 1. The Bertz CT molecular complexity index is 615. The zero-order valence-electron chi connectivity index (χ0n) is 10.8. The predicted molar refractivity (Wildman–Crippen MR) is 80.0 cm³/mol. The quantitative estimate of drug-likeness (QED) is 0.873. The van der Waals surface area contributed by atoms with Crippen LogP contribution in [-0.4, -0.2) is 12.0 Å². The number of rotatable bonds is 4. The Hall–Kier alpha value is -1.65. The van der Waals surface area contributed by atoms with Crippen LogP contribution in [0.3, 0.4) is 0 Å². The molecule has 1 aliphatic heterocycles. The first-order valence-electron chi connectivity index (χ1n) is 6.46. The molecule has 3 nitrogen and oxygen atoms in total. The van der Waals surface area contributed by atoms with Crippen molar-refractivity contribution in [3.63, 3.8) is 0 Å².